The fourth-order valence-electron chi connectivity index (χ4n) is 6.86. The first kappa shape index (κ1) is 52.0. The lowest BCUT2D eigenvalue weighted by atomic mass is 9.90. The summed E-state index contributed by atoms with van der Waals surface area (Å²) in [7, 11) is -10.9. The first-order valence-corrected chi connectivity index (χ1v) is 20.9. The first-order valence-electron chi connectivity index (χ1n) is 17.8. The second-order valence-electron chi connectivity index (χ2n) is 14.4. The highest BCUT2D eigenvalue weighted by Gasteiger charge is 2.61. The van der Waals surface area contributed by atoms with Gasteiger partial charge in [-0.1, -0.05) is 0 Å². The standard InChI is InChI=1S/C28H50N2O29P2/c29-13-18(39)16(37)11(53-24(13)59-61(48,49)50)5-51-23-14(30)19(40)22(58-60(45,46)47)12(54-23)6-52-27(25(41)42)2-10(17(38)21(56-27)9(35)4-32)55-28(26(43)44)1-7(33)15(36)20(57-28)8(34)3-31/h7-24,31-40H,1-6,29-30H2,(H,41,42)(H,43,44)(H2,45,46,47)(H2,48,49,50). The molecule has 0 radical (unpaired) electrons. The van der Waals surface area contributed by atoms with E-state index in [1.54, 1.807) is 0 Å². The summed E-state index contributed by atoms with van der Waals surface area (Å²) in [6.45, 7) is -4.64. The normalized spacial score (nSPS) is 43.7. The Labute approximate surface area is 341 Å². The van der Waals surface area contributed by atoms with Crippen LogP contribution in [-0.4, -0.2) is 241 Å². The van der Waals surface area contributed by atoms with Crippen molar-refractivity contribution in [2.24, 2.45) is 11.5 Å². The molecule has 33 heteroatoms. The Kier molecular flexibility index (Phi) is 17.3. The van der Waals surface area contributed by atoms with E-state index in [0.717, 1.165) is 0 Å². The summed E-state index contributed by atoms with van der Waals surface area (Å²) in [5.41, 5.74) is 11.6. The van der Waals surface area contributed by atoms with Gasteiger partial charge in [0.15, 0.2) is 12.6 Å². The quantitative estimate of drug-likeness (QED) is 0.0567. The van der Waals surface area contributed by atoms with E-state index in [1.165, 1.54) is 0 Å². The van der Waals surface area contributed by atoms with Gasteiger partial charge in [0.1, 0.15) is 73.2 Å². The Morgan fingerprint density at radius 1 is 0.672 bits per heavy atom. The molecule has 0 aliphatic carbocycles. The van der Waals surface area contributed by atoms with Crippen molar-refractivity contribution in [3.8, 4) is 0 Å². The van der Waals surface area contributed by atoms with Gasteiger partial charge < -0.3 is 125 Å². The molecule has 356 valence electrons. The largest absolute Gasteiger partial charge is 0.477 e. The number of aliphatic carboxylic acids is 2. The average Bonchev–Trinajstić information content (AvgIpc) is 3.17. The van der Waals surface area contributed by atoms with Crippen molar-refractivity contribution in [1.29, 1.82) is 0 Å². The van der Waals surface area contributed by atoms with Crippen molar-refractivity contribution in [3.63, 3.8) is 0 Å². The van der Waals surface area contributed by atoms with Crippen molar-refractivity contribution < 1.29 is 142 Å². The van der Waals surface area contributed by atoms with Crippen LogP contribution in [0.5, 0.6) is 0 Å². The molecule has 0 aromatic heterocycles. The maximum absolute atomic E-state index is 13.0. The maximum Gasteiger partial charge on any atom is 0.471 e. The van der Waals surface area contributed by atoms with Gasteiger partial charge in [0.05, 0.1) is 50.7 Å². The molecule has 0 aromatic rings. The molecule has 4 rings (SSSR count). The summed E-state index contributed by atoms with van der Waals surface area (Å²) >= 11 is 0. The van der Waals surface area contributed by atoms with Crippen molar-refractivity contribution in [2.75, 3.05) is 26.4 Å². The fraction of sp³-hybridized carbons (Fsp3) is 0.929. The van der Waals surface area contributed by atoms with Gasteiger partial charge >= 0.3 is 27.6 Å². The number of phosphoric acid groups is 2. The van der Waals surface area contributed by atoms with Gasteiger partial charge in [0, 0.05) is 12.8 Å². The van der Waals surface area contributed by atoms with E-state index in [9.17, 15) is 99.6 Å². The van der Waals surface area contributed by atoms with E-state index in [4.69, 9.17) is 44.6 Å². The smallest absolute Gasteiger partial charge is 0.471 e. The molecule has 31 nitrogen and oxygen atoms in total. The lowest BCUT2D eigenvalue weighted by molar-refractivity contribution is -0.377. The number of aliphatic hydroxyl groups excluding tert-OH is 10. The second-order valence-corrected chi connectivity index (χ2v) is 16.8. The molecule has 0 spiro atoms. The zero-order valence-corrected chi connectivity index (χ0v) is 32.9. The van der Waals surface area contributed by atoms with Crippen molar-refractivity contribution in [1.82, 2.24) is 0 Å². The number of aliphatic hydroxyl groups is 10. The van der Waals surface area contributed by atoms with Crippen LogP contribution in [0.3, 0.4) is 0 Å². The fourth-order valence-corrected chi connectivity index (χ4v) is 7.90. The van der Waals surface area contributed by atoms with Crippen LogP contribution < -0.4 is 11.5 Å². The third-order valence-electron chi connectivity index (χ3n) is 10.0. The third kappa shape index (κ3) is 12.0. The molecule has 4 saturated heterocycles. The Morgan fingerprint density at radius 2 is 1.18 bits per heavy atom. The van der Waals surface area contributed by atoms with Crippen molar-refractivity contribution in [2.45, 2.75) is 135 Å². The molecule has 20 atom stereocenters. The van der Waals surface area contributed by atoms with Crippen molar-refractivity contribution in [3.05, 3.63) is 0 Å². The van der Waals surface area contributed by atoms with E-state index in [2.05, 4.69) is 9.05 Å². The van der Waals surface area contributed by atoms with Crippen LogP contribution in [0.25, 0.3) is 0 Å². The summed E-state index contributed by atoms with van der Waals surface area (Å²) in [5, 5.41) is 124. The molecular formula is C28H50N2O29P2. The zero-order valence-electron chi connectivity index (χ0n) is 31.1. The number of carbonyl (C=O) groups is 2. The number of ether oxygens (including phenoxy) is 7. The highest BCUT2D eigenvalue weighted by Crippen LogP contribution is 2.44. The van der Waals surface area contributed by atoms with Crippen LogP contribution in [-0.2, 0) is 60.9 Å². The Hall–Kier alpha value is -1.60. The van der Waals surface area contributed by atoms with E-state index < -0.39 is 189 Å². The predicted octanol–water partition coefficient (Wildman–Crippen LogP) is -9.89. The van der Waals surface area contributed by atoms with Gasteiger partial charge in [0.2, 0.25) is 0 Å². The summed E-state index contributed by atoms with van der Waals surface area (Å²) in [6.07, 6.45) is -35.9. The minimum absolute atomic E-state index is 0.927. The molecule has 0 aromatic carbocycles. The summed E-state index contributed by atoms with van der Waals surface area (Å²) < 4.78 is 70.5. The summed E-state index contributed by atoms with van der Waals surface area (Å²) in [4.78, 5) is 63.2. The lowest BCUT2D eigenvalue weighted by Gasteiger charge is -2.50. The first-order chi connectivity index (χ1) is 28.1. The van der Waals surface area contributed by atoms with Crippen LogP contribution in [0.1, 0.15) is 12.8 Å². The summed E-state index contributed by atoms with van der Waals surface area (Å²) in [6, 6.07) is -3.56. The highest BCUT2D eigenvalue weighted by molar-refractivity contribution is 7.46. The zero-order chi connectivity index (χ0) is 46.2. The van der Waals surface area contributed by atoms with Gasteiger partial charge in [-0.05, 0) is 0 Å². The van der Waals surface area contributed by atoms with Crippen LogP contribution in [0.2, 0.25) is 0 Å². The molecule has 4 heterocycles. The second kappa shape index (κ2) is 20.3. The summed E-state index contributed by atoms with van der Waals surface area (Å²) in [5.74, 6) is -10.7. The Morgan fingerprint density at radius 3 is 1.70 bits per heavy atom. The van der Waals surface area contributed by atoms with E-state index in [1.807, 2.05) is 0 Å². The Bertz CT molecular complexity index is 1590. The molecule has 20 unspecified atom stereocenters. The minimum atomic E-state index is -5.60. The molecule has 4 fully saturated rings. The van der Waals surface area contributed by atoms with E-state index >= 15 is 0 Å². The number of carboxylic acids is 2. The van der Waals surface area contributed by atoms with Crippen LogP contribution in [0.15, 0.2) is 0 Å². The number of carboxylic acid groups (broad SMARTS) is 2. The van der Waals surface area contributed by atoms with Gasteiger partial charge in [-0.15, -0.1) is 0 Å². The lowest BCUT2D eigenvalue weighted by Crippen LogP contribution is -2.68. The number of nitrogens with two attached hydrogens (primary N) is 2. The monoisotopic (exact) mass is 940 g/mol. The van der Waals surface area contributed by atoms with Crippen molar-refractivity contribution >= 4 is 27.6 Å². The number of hydrogen-bond donors (Lipinski definition) is 18. The SMILES string of the molecule is NC1C(OP(=O)(O)O)OC(COC2OC(COC3(C(=O)O)CC(OC4(C(=O)O)CC(O)C(O)C(C(O)CO)O4)C(O)C(C(O)CO)O3)C(OP(=O)(O)O)C(O)C2N)C(O)C1O. The van der Waals surface area contributed by atoms with Gasteiger partial charge in [-0.25, -0.2) is 18.7 Å². The van der Waals surface area contributed by atoms with Crippen LogP contribution >= 0.6 is 15.6 Å². The Balaban J connectivity index is 1.64. The molecule has 0 saturated carbocycles. The number of rotatable bonds is 18. The number of hydrogen-bond acceptors (Lipinski definition) is 25. The molecule has 4 aliphatic rings. The van der Waals surface area contributed by atoms with E-state index in [0.29, 0.717) is 0 Å². The van der Waals surface area contributed by atoms with E-state index in [-0.39, 0.29) is 0 Å². The molecule has 0 amide bonds. The molecule has 4 aliphatic heterocycles. The highest BCUT2D eigenvalue weighted by atomic mass is 31.2. The third-order valence-corrected chi connectivity index (χ3v) is 11.1. The average molecular weight is 941 g/mol. The van der Waals surface area contributed by atoms with Crippen LogP contribution in [0.4, 0.5) is 0 Å². The topological polar surface area (TPSA) is 527 Å². The maximum atomic E-state index is 13.0. The predicted molar refractivity (Wildman–Crippen MR) is 182 cm³/mol. The number of phosphoric ester groups is 2. The molecular weight excluding hydrogens is 890 g/mol. The van der Waals surface area contributed by atoms with Gasteiger partial charge in [0.25, 0.3) is 11.6 Å². The van der Waals surface area contributed by atoms with Gasteiger partial charge in [-0.2, -0.15) is 0 Å². The molecule has 20 N–H and O–H groups in total. The van der Waals surface area contributed by atoms with Gasteiger partial charge in [-0.3, -0.25) is 9.05 Å². The van der Waals surface area contributed by atoms with Crippen LogP contribution in [0, 0.1) is 0 Å². The minimum Gasteiger partial charge on any atom is -0.477 e. The molecule has 0 bridgehead atoms. The molecule has 61 heavy (non-hydrogen) atoms.